The van der Waals surface area contributed by atoms with Crippen molar-refractivity contribution in [3.8, 4) is 0 Å². The summed E-state index contributed by atoms with van der Waals surface area (Å²) in [6.07, 6.45) is 2.18. The van der Waals surface area contributed by atoms with Gasteiger partial charge in [-0.1, -0.05) is 45.4 Å². The molecule has 0 radical (unpaired) electrons. The summed E-state index contributed by atoms with van der Waals surface area (Å²) in [6.45, 7) is 11.5. The molecule has 0 amide bonds. The number of hydrogen-bond acceptors (Lipinski definition) is 1. The van der Waals surface area contributed by atoms with Gasteiger partial charge < -0.3 is 5.32 Å². The predicted molar refractivity (Wildman–Crippen MR) is 77.1 cm³/mol. The van der Waals surface area contributed by atoms with E-state index in [9.17, 15) is 4.39 Å². The number of rotatable bonds is 5. The Bertz CT molecular complexity index is 419. The van der Waals surface area contributed by atoms with E-state index in [2.05, 4.69) is 39.1 Å². The highest BCUT2D eigenvalue weighted by molar-refractivity contribution is 5.57. The molecule has 0 bridgehead atoms. The van der Waals surface area contributed by atoms with E-state index in [1.807, 2.05) is 13.0 Å². The number of halogens is 1. The van der Waals surface area contributed by atoms with Crippen molar-refractivity contribution in [2.24, 2.45) is 5.92 Å². The van der Waals surface area contributed by atoms with Crippen LogP contribution in [0.2, 0.25) is 0 Å². The third-order valence-electron chi connectivity index (χ3n) is 3.03. The van der Waals surface area contributed by atoms with Gasteiger partial charge in [0.15, 0.2) is 0 Å². The molecule has 0 aliphatic carbocycles. The molecule has 0 saturated carbocycles. The van der Waals surface area contributed by atoms with Gasteiger partial charge in [0.1, 0.15) is 5.82 Å². The van der Waals surface area contributed by atoms with Crippen LogP contribution in [0.25, 0.3) is 6.08 Å². The summed E-state index contributed by atoms with van der Waals surface area (Å²) < 4.78 is 13.1. The van der Waals surface area contributed by atoms with E-state index in [0.29, 0.717) is 12.0 Å². The molecule has 0 aliphatic heterocycles. The van der Waals surface area contributed by atoms with E-state index >= 15 is 0 Å². The van der Waals surface area contributed by atoms with Crippen molar-refractivity contribution in [3.63, 3.8) is 0 Å². The number of hydrogen-bond donors (Lipinski definition) is 1. The topological polar surface area (TPSA) is 12.0 Å². The second-order valence-electron chi connectivity index (χ2n) is 5.41. The van der Waals surface area contributed by atoms with Crippen LogP contribution in [0.15, 0.2) is 23.8 Å². The van der Waals surface area contributed by atoms with Gasteiger partial charge in [0.2, 0.25) is 0 Å². The van der Waals surface area contributed by atoms with Crippen LogP contribution in [0.5, 0.6) is 0 Å². The SMILES string of the molecule is Cc1cc(F)ccc1C=C(CNC(C)C)C(C)C. The quantitative estimate of drug-likeness (QED) is 0.825. The first kappa shape index (κ1) is 14.9. The van der Waals surface area contributed by atoms with Gasteiger partial charge in [0.05, 0.1) is 0 Å². The third kappa shape index (κ3) is 4.61. The Morgan fingerprint density at radius 1 is 1.28 bits per heavy atom. The lowest BCUT2D eigenvalue weighted by Gasteiger charge is -2.15. The maximum atomic E-state index is 13.1. The van der Waals surface area contributed by atoms with E-state index in [4.69, 9.17) is 0 Å². The average Bonchev–Trinajstić information content (AvgIpc) is 2.26. The Labute approximate surface area is 110 Å². The molecule has 0 saturated heterocycles. The molecule has 1 aromatic carbocycles. The largest absolute Gasteiger partial charge is 0.311 e. The molecule has 0 aliphatic rings. The summed E-state index contributed by atoms with van der Waals surface area (Å²) in [4.78, 5) is 0. The van der Waals surface area contributed by atoms with Gasteiger partial charge in [-0.3, -0.25) is 0 Å². The fraction of sp³-hybridized carbons (Fsp3) is 0.500. The first-order chi connectivity index (χ1) is 8.40. The minimum absolute atomic E-state index is 0.170. The van der Waals surface area contributed by atoms with Crippen molar-refractivity contribution < 1.29 is 4.39 Å². The number of aryl methyl sites for hydroxylation is 1. The highest BCUT2D eigenvalue weighted by Crippen LogP contribution is 2.18. The minimum Gasteiger partial charge on any atom is -0.311 e. The van der Waals surface area contributed by atoms with Gasteiger partial charge in [0.25, 0.3) is 0 Å². The van der Waals surface area contributed by atoms with Gasteiger partial charge >= 0.3 is 0 Å². The maximum absolute atomic E-state index is 13.1. The molecule has 0 spiro atoms. The standard InChI is InChI=1S/C16H24FN/c1-11(2)15(10-18-12(3)4)9-14-6-7-16(17)8-13(14)5/h6-9,11-12,18H,10H2,1-5H3. The second kappa shape index (κ2) is 6.69. The normalized spacial score (nSPS) is 12.6. The highest BCUT2D eigenvalue weighted by Gasteiger charge is 2.06. The monoisotopic (exact) mass is 249 g/mol. The molecule has 18 heavy (non-hydrogen) atoms. The van der Waals surface area contributed by atoms with Crippen LogP contribution in [-0.2, 0) is 0 Å². The maximum Gasteiger partial charge on any atom is 0.123 e. The first-order valence-electron chi connectivity index (χ1n) is 6.60. The zero-order valence-electron chi connectivity index (χ0n) is 12.0. The van der Waals surface area contributed by atoms with Crippen LogP contribution in [-0.4, -0.2) is 12.6 Å². The average molecular weight is 249 g/mol. The van der Waals surface area contributed by atoms with Crippen molar-refractivity contribution in [1.82, 2.24) is 5.32 Å². The van der Waals surface area contributed by atoms with Gasteiger partial charge in [-0.15, -0.1) is 0 Å². The van der Waals surface area contributed by atoms with E-state index in [-0.39, 0.29) is 5.82 Å². The fourth-order valence-corrected chi connectivity index (χ4v) is 1.74. The molecular weight excluding hydrogens is 225 g/mol. The molecule has 100 valence electrons. The van der Waals surface area contributed by atoms with E-state index < -0.39 is 0 Å². The van der Waals surface area contributed by atoms with Gasteiger partial charge in [-0.05, 0) is 36.1 Å². The molecule has 0 unspecified atom stereocenters. The van der Waals surface area contributed by atoms with E-state index in [0.717, 1.165) is 17.7 Å². The van der Waals surface area contributed by atoms with Crippen molar-refractivity contribution >= 4 is 6.08 Å². The molecular formula is C16H24FN. The molecule has 0 fully saturated rings. The summed E-state index contributed by atoms with van der Waals surface area (Å²) in [7, 11) is 0. The number of nitrogens with one attached hydrogen (secondary N) is 1. The van der Waals surface area contributed by atoms with Crippen LogP contribution < -0.4 is 5.32 Å². The molecule has 1 N–H and O–H groups in total. The summed E-state index contributed by atoms with van der Waals surface area (Å²) in [5.74, 6) is 0.316. The smallest absolute Gasteiger partial charge is 0.123 e. The molecule has 0 aromatic heterocycles. The lowest BCUT2D eigenvalue weighted by atomic mass is 9.98. The zero-order chi connectivity index (χ0) is 13.7. The van der Waals surface area contributed by atoms with Crippen molar-refractivity contribution in [3.05, 3.63) is 40.7 Å². The van der Waals surface area contributed by atoms with Crippen molar-refractivity contribution in [2.75, 3.05) is 6.54 Å². The molecule has 0 heterocycles. The van der Waals surface area contributed by atoms with Gasteiger partial charge in [0, 0.05) is 12.6 Å². The lowest BCUT2D eigenvalue weighted by molar-refractivity contribution is 0.593. The Hall–Kier alpha value is -1.15. The van der Waals surface area contributed by atoms with Gasteiger partial charge in [-0.25, -0.2) is 4.39 Å². The second-order valence-corrected chi connectivity index (χ2v) is 5.41. The minimum atomic E-state index is -0.170. The van der Waals surface area contributed by atoms with Crippen LogP contribution in [0.3, 0.4) is 0 Å². The van der Waals surface area contributed by atoms with Crippen LogP contribution in [0.4, 0.5) is 4.39 Å². The predicted octanol–water partition coefficient (Wildman–Crippen LogP) is 4.17. The van der Waals surface area contributed by atoms with Crippen molar-refractivity contribution in [1.29, 1.82) is 0 Å². The number of benzene rings is 1. The zero-order valence-corrected chi connectivity index (χ0v) is 12.0. The fourth-order valence-electron chi connectivity index (χ4n) is 1.74. The molecule has 2 heteroatoms. The molecule has 1 nitrogen and oxygen atoms in total. The molecule has 0 atom stereocenters. The summed E-state index contributed by atoms with van der Waals surface area (Å²) in [6, 6.07) is 5.43. The van der Waals surface area contributed by atoms with Crippen LogP contribution in [0.1, 0.15) is 38.8 Å². The van der Waals surface area contributed by atoms with Crippen LogP contribution >= 0.6 is 0 Å². The Morgan fingerprint density at radius 3 is 2.44 bits per heavy atom. The van der Waals surface area contributed by atoms with E-state index in [1.165, 1.54) is 11.6 Å². The first-order valence-corrected chi connectivity index (χ1v) is 6.60. The van der Waals surface area contributed by atoms with E-state index in [1.54, 1.807) is 6.07 Å². The Kier molecular flexibility index (Phi) is 5.54. The highest BCUT2D eigenvalue weighted by atomic mass is 19.1. The van der Waals surface area contributed by atoms with Gasteiger partial charge in [-0.2, -0.15) is 0 Å². The molecule has 1 aromatic rings. The summed E-state index contributed by atoms with van der Waals surface area (Å²) in [5.41, 5.74) is 3.43. The lowest BCUT2D eigenvalue weighted by Crippen LogP contribution is -2.26. The Balaban J connectivity index is 2.93. The van der Waals surface area contributed by atoms with Crippen molar-refractivity contribution in [2.45, 2.75) is 40.7 Å². The summed E-state index contributed by atoms with van der Waals surface area (Å²) >= 11 is 0. The Morgan fingerprint density at radius 2 is 1.94 bits per heavy atom. The summed E-state index contributed by atoms with van der Waals surface area (Å²) in [5, 5.41) is 3.44. The molecule has 1 rings (SSSR count). The van der Waals surface area contributed by atoms with Crippen LogP contribution in [0, 0.1) is 18.7 Å². The third-order valence-corrected chi connectivity index (χ3v) is 3.03.